The van der Waals surface area contributed by atoms with Crippen LogP contribution in [0, 0.1) is 35.5 Å². The minimum atomic E-state index is -5.50. The Bertz CT molecular complexity index is 709. The average molecular weight is 408 g/mol. The maximum absolute atomic E-state index is 12.1. The van der Waals surface area contributed by atoms with Gasteiger partial charge in [0.15, 0.2) is 0 Å². The van der Waals surface area contributed by atoms with Crippen LogP contribution in [0.3, 0.4) is 0 Å². The molecule has 4 bridgehead atoms. The molecular formula is C19H27F3O4S. The van der Waals surface area contributed by atoms with Gasteiger partial charge in [-0.1, -0.05) is 13.8 Å². The average Bonchev–Trinajstić information content (AvgIpc) is 2.93. The molecule has 8 heteroatoms. The van der Waals surface area contributed by atoms with E-state index in [1.54, 1.807) is 0 Å². The normalized spacial score (nSPS) is 38.1. The Morgan fingerprint density at radius 3 is 2.19 bits per heavy atom. The van der Waals surface area contributed by atoms with Crippen molar-refractivity contribution in [1.29, 1.82) is 0 Å². The fourth-order valence-corrected chi connectivity index (χ4v) is 5.77. The number of alkyl halides is 3. The predicted octanol–water partition coefficient (Wildman–Crippen LogP) is 4.81. The molecule has 3 saturated carbocycles. The van der Waals surface area contributed by atoms with Crippen molar-refractivity contribution in [3.63, 3.8) is 0 Å². The van der Waals surface area contributed by atoms with Gasteiger partial charge in [0.1, 0.15) is 11.5 Å². The molecule has 0 N–H and O–H groups in total. The Balaban J connectivity index is 0.000000177. The van der Waals surface area contributed by atoms with Crippen molar-refractivity contribution in [3.05, 3.63) is 11.8 Å². The van der Waals surface area contributed by atoms with Crippen molar-refractivity contribution in [2.45, 2.75) is 64.3 Å². The summed E-state index contributed by atoms with van der Waals surface area (Å²) in [5.41, 5.74) is -5.35. The molecule has 6 unspecified atom stereocenters. The monoisotopic (exact) mass is 408 g/mol. The zero-order chi connectivity index (χ0) is 20.0. The van der Waals surface area contributed by atoms with Gasteiger partial charge >= 0.3 is 15.6 Å². The van der Waals surface area contributed by atoms with Crippen LogP contribution in [-0.2, 0) is 19.1 Å². The van der Waals surface area contributed by atoms with E-state index in [-0.39, 0.29) is 24.0 Å². The highest BCUT2D eigenvalue weighted by Crippen LogP contribution is 2.46. The first-order valence-electron chi connectivity index (χ1n) is 9.67. The van der Waals surface area contributed by atoms with Crippen LogP contribution >= 0.6 is 0 Å². The van der Waals surface area contributed by atoms with E-state index >= 15 is 0 Å². The Morgan fingerprint density at radius 2 is 1.59 bits per heavy atom. The molecule has 4 rings (SSSR count). The molecule has 4 aliphatic carbocycles. The quantitative estimate of drug-likeness (QED) is 0.486. The lowest BCUT2D eigenvalue weighted by Crippen LogP contribution is -2.26. The minimum Gasteiger partial charge on any atom is -0.381 e. The molecule has 0 radical (unpaired) electrons. The lowest BCUT2D eigenvalue weighted by molar-refractivity contribution is -0.122. The van der Waals surface area contributed by atoms with Crippen molar-refractivity contribution in [1.82, 2.24) is 0 Å². The highest BCUT2D eigenvalue weighted by molar-refractivity contribution is 7.87. The van der Waals surface area contributed by atoms with Gasteiger partial charge in [0, 0.05) is 19.3 Å². The van der Waals surface area contributed by atoms with Crippen LogP contribution in [0.1, 0.15) is 58.8 Å². The van der Waals surface area contributed by atoms with Crippen LogP contribution in [0.2, 0.25) is 0 Å². The third-order valence-corrected chi connectivity index (χ3v) is 7.62. The van der Waals surface area contributed by atoms with Gasteiger partial charge in [-0.2, -0.15) is 21.6 Å². The Labute approximate surface area is 158 Å². The van der Waals surface area contributed by atoms with Crippen molar-refractivity contribution in [3.8, 4) is 0 Å². The molecule has 0 spiro atoms. The summed E-state index contributed by atoms with van der Waals surface area (Å²) in [7, 11) is -5.50. The molecule has 0 heterocycles. The van der Waals surface area contributed by atoms with Crippen LogP contribution in [0.25, 0.3) is 0 Å². The summed E-state index contributed by atoms with van der Waals surface area (Å²) in [4.78, 5) is 11.1. The summed E-state index contributed by atoms with van der Waals surface area (Å²) in [6.07, 6.45) is 8.06. The number of hydrogen-bond donors (Lipinski definition) is 0. The number of hydrogen-bond acceptors (Lipinski definition) is 4. The van der Waals surface area contributed by atoms with Crippen LogP contribution in [0.15, 0.2) is 11.8 Å². The maximum Gasteiger partial charge on any atom is 0.534 e. The number of rotatable bonds is 2. The van der Waals surface area contributed by atoms with E-state index in [1.165, 1.54) is 18.9 Å². The van der Waals surface area contributed by atoms with Gasteiger partial charge in [0.25, 0.3) is 0 Å². The molecule has 27 heavy (non-hydrogen) atoms. The second-order valence-electron chi connectivity index (χ2n) is 8.81. The van der Waals surface area contributed by atoms with Gasteiger partial charge < -0.3 is 4.18 Å². The molecule has 3 fully saturated rings. The first-order valence-corrected chi connectivity index (χ1v) is 11.1. The summed E-state index contributed by atoms with van der Waals surface area (Å²) < 4.78 is 62.3. The van der Waals surface area contributed by atoms with Gasteiger partial charge in [-0.05, 0) is 67.3 Å². The fourth-order valence-electron chi connectivity index (χ4n) is 5.27. The van der Waals surface area contributed by atoms with Gasteiger partial charge in [0.05, 0.1) is 0 Å². The van der Waals surface area contributed by atoms with Gasteiger partial charge in [-0.25, -0.2) is 0 Å². The number of allylic oxidation sites excluding steroid dienone is 2. The SMILES string of the molecule is CC1CC2C=C(OS(=O)(=O)C(F)(F)F)CC1C2.CC1CC2CC(=O)CC1C2. The largest absolute Gasteiger partial charge is 0.534 e. The molecule has 154 valence electrons. The van der Waals surface area contributed by atoms with Gasteiger partial charge in [-0.15, -0.1) is 0 Å². The summed E-state index contributed by atoms with van der Waals surface area (Å²) in [6.45, 7) is 4.32. The van der Waals surface area contributed by atoms with E-state index < -0.39 is 15.6 Å². The summed E-state index contributed by atoms with van der Waals surface area (Å²) in [5, 5.41) is 0. The van der Waals surface area contributed by atoms with Gasteiger partial charge in [-0.3, -0.25) is 4.79 Å². The number of carbonyl (C=O) groups excluding carboxylic acids is 1. The minimum absolute atomic E-state index is 0.0482. The summed E-state index contributed by atoms with van der Waals surface area (Å²) in [6, 6.07) is 0. The lowest BCUT2D eigenvalue weighted by Gasteiger charge is -2.21. The Hall–Kier alpha value is -1.05. The second-order valence-corrected chi connectivity index (χ2v) is 10.3. The molecule has 0 aromatic carbocycles. The second kappa shape index (κ2) is 7.41. The van der Waals surface area contributed by atoms with Crippen molar-refractivity contribution < 1.29 is 30.6 Å². The highest BCUT2D eigenvalue weighted by atomic mass is 32.2. The zero-order valence-corrected chi connectivity index (χ0v) is 16.5. The molecular weight excluding hydrogens is 381 g/mol. The zero-order valence-electron chi connectivity index (χ0n) is 15.7. The van der Waals surface area contributed by atoms with Crippen molar-refractivity contribution in [2.24, 2.45) is 35.5 Å². The summed E-state index contributed by atoms with van der Waals surface area (Å²) in [5.74, 6) is 3.62. The number of ketones is 1. The number of Topliss-reactive ketones (excluding diaryl/α,β-unsaturated/α-hetero) is 1. The molecule has 0 saturated heterocycles. The first kappa shape index (κ1) is 20.7. The van der Waals surface area contributed by atoms with Crippen LogP contribution in [-0.4, -0.2) is 19.7 Å². The van der Waals surface area contributed by atoms with Crippen LogP contribution in [0.5, 0.6) is 0 Å². The Kier molecular flexibility index (Phi) is 5.67. The van der Waals surface area contributed by atoms with E-state index in [1.807, 2.05) is 6.92 Å². The van der Waals surface area contributed by atoms with E-state index in [9.17, 15) is 26.4 Å². The molecule has 6 atom stereocenters. The maximum atomic E-state index is 12.1. The van der Waals surface area contributed by atoms with E-state index in [0.29, 0.717) is 11.7 Å². The molecule has 0 aromatic heterocycles. The van der Waals surface area contributed by atoms with Crippen molar-refractivity contribution in [2.75, 3.05) is 0 Å². The van der Waals surface area contributed by atoms with E-state index in [0.717, 1.165) is 43.4 Å². The summed E-state index contributed by atoms with van der Waals surface area (Å²) >= 11 is 0. The molecule has 0 aromatic rings. The fraction of sp³-hybridized carbons (Fsp3) is 0.842. The molecule has 4 nitrogen and oxygen atoms in total. The Morgan fingerprint density at radius 1 is 0.963 bits per heavy atom. The molecule has 4 aliphatic rings. The third kappa shape index (κ3) is 4.69. The third-order valence-electron chi connectivity index (χ3n) is 6.62. The van der Waals surface area contributed by atoms with Crippen LogP contribution in [0.4, 0.5) is 13.2 Å². The standard InChI is InChI=1S/C10H13F3O3S.C9H14O/c1-6-2-7-3-8(6)5-9(4-7)16-17(14,15)10(11,12)13;1-6-2-7-3-8(6)5-9(10)4-7/h4,6-8H,2-3,5H2,1H3;6-8H,2-5H2,1H3. The number of fused-ring (bicyclic) bond motifs is 4. The molecule has 0 aliphatic heterocycles. The first-order chi connectivity index (χ1) is 12.4. The van der Waals surface area contributed by atoms with E-state index in [4.69, 9.17) is 0 Å². The number of halogens is 3. The van der Waals surface area contributed by atoms with E-state index in [2.05, 4.69) is 11.1 Å². The lowest BCUT2D eigenvalue weighted by atomic mass is 9.87. The molecule has 0 amide bonds. The smallest absolute Gasteiger partial charge is 0.381 e. The van der Waals surface area contributed by atoms with Crippen LogP contribution < -0.4 is 0 Å². The van der Waals surface area contributed by atoms with Gasteiger partial charge in [0.2, 0.25) is 0 Å². The topological polar surface area (TPSA) is 60.4 Å². The predicted molar refractivity (Wildman–Crippen MR) is 93.8 cm³/mol. The van der Waals surface area contributed by atoms with Crippen molar-refractivity contribution >= 4 is 15.9 Å². The number of carbonyl (C=O) groups is 1. The highest BCUT2D eigenvalue weighted by Gasteiger charge is 2.49.